The van der Waals surface area contributed by atoms with Crippen LogP contribution in [0.4, 0.5) is 10.8 Å². The van der Waals surface area contributed by atoms with Crippen LogP contribution in [0.5, 0.6) is 0 Å². The molecule has 3 aromatic rings. The highest BCUT2D eigenvalue weighted by atomic mass is 32.1. The fraction of sp³-hybridized carbons (Fsp3) is 0.238. The van der Waals surface area contributed by atoms with E-state index in [-0.39, 0.29) is 17.7 Å². The van der Waals surface area contributed by atoms with Crippen molar-refractivity contribution in [1.82, 2.24) is 10.2 Å². The molecule has 1 aromatic heterocycles. The summed E-state index contributed by atoms with van der Waals surface area (Å²) >= 11 is 1.33. The Hall–Kier alpha value is -3.06. The van der Waals surface area contributed by atoms with Crippen molar-refractivity contribution in [2.24, 2.45) is 0 Å². The van der Waals surface area contributed by atoms with Crippen molar-refractivity contribution in [3.05, 3.63) is 70.2 Å². The summed E-state index contributed by atoms with van der Waals surface area (Å²) in [6, 6.07) is 15.1. The molecule has 0 bridgehead atoms. The Labute approximate surface area is 167 Å². The molecule has 1 atom stereocenters. The molecule has 2 heterocycles. The zero-order valence-corrected chi connectivity index (χ0v) is 16.5. The third kappa shape index (κ3) is 3.80. The second kappa shape index (κ2) is 7.52. The van der Waals surface area contributed by atoms with E-state index in [0.717, 1.165) is 21.8 Å². The molecule has 1 fully saturated rings. The highest BCUT2D eigenvalue weighted by molar-refractivity contribution is 7.15. The van der Waals surface area contributed by atoms with E-state index in [9.17, 15) is 9.59 Å². The first-order chi connectivity index (χ1) is 13.5. The minimum atomic E-state index is -0.220. The molecule has 28 heavy (non-hydrogen) atoms. The van der Waals surface area contributed by atoms with Crippen LogP contribution >= 0.6 is 11.3 Å². The first kappa shape index (κ1) is 18.3. The lowest BCUT2D eigenvalue weighted by atomic mass is 10.1. The maximum absolute atomic E-state index is 12.6. The van der Waals surface area contributed by atoms with Gasteiger partial charge in [-0.1, -0.05) is 35.6 Å². The van der Waals surface area contributed by atoms with E-state index in [1.54, 1.807) is 12.1 Å². The molecular formula is C21H20N4O2S. The predicted molar refractivity (Wildman–Crippen MR) is 110 cm³/mol. The lowest BCUT2D eigenvalue weighted by molar-refractivity contribution is -0.117. The summed E-state index contributed by atoms with van der Waals surface area (Å²) in [5.41, 5.74) is 3.75. The summed E-state index contributed by atoms with van der Waals surface area (Å²) in [6.07, 6.45) is 0.397. The quantitative estimate of drug-likeness (QED) is 0.730. The number of hydrogen-bond donors (Lipinski definition) is 1. The molecule has 0 spiro atoms. The van der Waals surface area contributed by atoms with Crippen LogP contribution in [0.2, 0.25) is 0 Å². The fourth-order valence-corrected chi connectivity index (χ4v) is 4.27. The highest BCUT2D eigenvalue weighted by Gasteiger charge is 2.34. The number of benzene rings is 2. The summed E-state index contributed by atoms with van der Waals surface area (Å²) < 4.78 is 0. The van der Waals surface area contributed by atoms with Crippen molar-refractivity contribution in [3.8, 4) is 0 Å². The number of anilines is 2. The Bertz CT molecular complexity index is 1010. The lowest BCUT2D eigenvalue weighted by Crippen LogP contribution is -2.24. The van der Waals surface area contributed by atoms with Crippen molar-refractivity contribution in [2.45, 2.75) is 26.2 Å². The smallest absolute Gasteiger partial charge is 0.257 e. The molecule has 0 radical (unpaired) electrons. The van der Waals surface area contributed by atoms with Gasteiger partial charge in [-0.05, 0) is 49.2 Å². The Morgan fingerprint density at radius 3 is 2.54 bits per heavy atom. The molecule has 1 saturated heterocycles. The number of hydrogen-bond acceptors (Lipinski definition) is 5. The van der Waals surface area contributed by atoms with Crippen LogP contribution in [0, 0.1) is 13.8 Å². The number of rotatable bonds is 4. The molecular weight excluding hydrogens is 372 g/mol. The fourth-order valence-electron chi connectivity index (χ4n) is 3.44. The Morgan fingerprint density at radius 1 is 1.11 bits per heavy atom. The average Bonchev–Trinajstić information content (AvgIpc) is 3.28. The molecule has 1 unspecified atom stereocenters. The highest BCUT2D eigenvalue weighted by Crippen LogP contribution is 2.34. The topological polar surface area (TPSA) is 75.2 Å². The molecule has 142 valence electrons. The second-order valence-electron chi connectivity index (χ2n) is 7.02. The SMILES string of the molecule is Cc1cc(C)cc(N2CC(c3nnc(NC(=O)c4ccccc4)s3)CC2=O)c1. The van der Waals surface area contributed by atoms with Crippen LogP contribution < -0.4 is 10.2 Å². The van der Waals surface area contributed by atoms with Crippen LogP contribution in [0.1, 0.15) is 38.8 Å². The van der Waals surface area contributed by atoms with E-state index < -0.39 is 0 Å². The Morgan fingerprint density at radius 2 is 1.82 bits per heavy atom. The van der Waals surface area contributed by atoms with E-state index in [2.05, 4.69) is 21.6 Å². The molecule has 1 aliphatic rings. The molecule has 2 aromatic carbocycles. The van der Waals surface area contributed by atoms with Gasteiger partial charge in [0.2, 0.25) is 11.0 Å². The number of carbonyl (C=O) groups is 2. The van der Waals surface area contributed by atoms with Crippen LogP contribution in [-0.2, 0) is 4.79 Å². The van der Waals surface area contributed by atoms with Gasteiger partial charge in [0.25, 0.3) is 5.91 Å². The second-order valence-corrected chi connectivity index (χ2v) is 8.03. The van der Waals surface area contributed by atoms with Gasteiger partial charge in [-0.15, -0.1) is 10.2 Å². The van der Waals surface area contributed by atoms with Crippen LogP contribution in [0.3, 0.4) is 0 Å². The Kier molecular flexibility index (Phi) is 4.92. The van der Waals surface area contributed by atoms with Crippen LogP contribution in [0.15, 0.2) is 48.5 Å². The maximum Gasteiger partial charge on any atom is 0.257 e. The number of amides is 2. The standard InChI is InChI=1S/C21H20N4O2S/c1-13-8-14(2)10-17(9-13)25-12-16(11-18(25)26)20-23-24-21(28-20)22-19(27)15-6-4-3-5-7-15/h3-10,16H,11-12H2,1-2H3,(H,22,24,27). The normalized spacial score (nSPS) is 16.4. The first-order valence-electron chi connectivity index (χ1n) is 9.08. The van der Waals surface area contributed by atoms with Crippen molar-refractivity contribution in [3.63, 3.8) is 0 Å². The maximum atomic E-state index is 12.6. The van der Waals surface area contributed by atoms with Gasteiger partial charge in [0.05, 0.1) is 0 Å². The van der Waals surface area contributed by atoms with E-state index >= 15 is 0 Å². The number of aryl methyl sites for hydroxylation is 2. The zero-order chi connectivity index (χ0) is 19.7. The van der Waals surface area contributed by atoms with Crippen LogP contribution in [-0.4, -0.2) is 28.6 Å². The molecule has 0 saturated carbocycles. The van der Waals surface area contributed by atoms with E-state index in [1.165, 1.54) is 11.3 Å². The van der Waals surface area contributed by atoms with Gasteiger partial charge >= 0.3 is 0 Å². The number of carbonyl (C=O) groups excluding carboxylic acids is 2. The van der Waals surface area contributed by atoms with Gasteiger partial charge in [-0.2, -0.15) is 0 Å². The first-order valence-corrected chi connectivity index (χ1v) is 9.90. The zero-order valence-electron chi connectivity index (χ0n) is 15.7. The molecule has 7 heteroatoms. The molecule has 2 amide bonds. The van der Waals surface area contributed by atoms with Crippen molar-refractivity contribution < 1.29 is 9.59 Å². The molecule has 4 rings (SSSR count). The molecule has 6 nitrogen and oxygen atoms in total. The molecule has 0 aliphatic carbocycles. The summed E-state index contributed by atoms with van der Waals surface area (Å²) in [7, 11) is 0. The minimum absolute atomic E-state index is 0.0202. The average molecular weight is 392 g/mol. The van der Waals surface area contributed by atoms with Crippen molar-refractivity contribution >= 4 is 34.0 Å². The minimum Gasteiger partial charge on any atom is -0.312 e. The Balaban J connectivity index is 1.47. The predicted octanol–water partition coefficient (Wildman–Crippen LogP) is 3.93. The molecule has 1 aliphatic heterocycles. The lowest BCUT2D eigenvalue weighted by Gasteiger charge is -2.17. The van der Waals surface area contributed by atoms with Gasteiger partial charge < -0.3 is 4.90 Å². The van der Waals surface area contributed by atoms with Gasteiger partial charge in [0.15, 0.2) is 0 Å². The van der Waals surface area contributed by atoms with Gasteiger partial charge in [-0.3, -0.25) is 14.9 Å². The third-order valence-electron chi connectivity index (χ3n) is 4.69. The number of nitrogens with one attached hydrogen (secondary N) is 1. The largest absolute Gasteiger partial charge is 0.312 e. The van der Waals surface area contributed by atoms with Crippen molar-refractivity contribution in [1.29, 1.82) is 0 Å². The van der Waals surface area contributed by atoms with E-state index in [1.807, 2.05) is 49.1 Å². The van der Waals surface area contributed by atoms with Gasteiger partial charge in [0, 0.05) is 30.1 Å². The van der Waals surface area contributed by atoms with Crippen molar-refractivity contribution in [2.75, 3.05) is 16.8 Å². The number of nitrogens with zero attached hydrogens (tertiary/aromatic N) is 3. The summed E-state index contributed by atoms with van der Waals surface area (Å²) in [4.78, 5) is 26.6. The summed E-state index contributed by atoms with van der Waals surface area (Å²) in [6.45, 7) is 4.63. The van der Waals surface area contributed by atoms with E-state index in [4.69, 9.17) is 0 Å². The summed E-state index contributed by atoms with van der Waals surface area (Å²) in [5, 5.41) is 12.3. The monoisotopic (exact) mass is 392 g/mol. The van der Waals surface area contributed by atoms with Gasteiger partial charge in [-0.25, -0.2) is 0 Å². The summed E-state index contributed by atoms with van der Waals surface area (Å²) in [5.74, 6) is -0.157. The van der Waals surface area contributed by atoms with Crippen LogP contribution in [0.25, 0.3) is 0 Å². The van der Waals surface area contributed by atoms with E-state index in [0.29, 0.717) is 23.7 Å². The molecule has 1 N–H and O–H groups in total. The third-order valence-corrected chi connectivity index (χ3v) is 5.69. The number of aromatic nitrogens is 2. The van der Waals surface area contributed by atoms with Gasteiger partial charge in [0.1, 0.15) is 5.01 Å².